The number of likely N-dealkylation sites (tertiary alicyclic amines) is 1. The van der Waals surface area contributed by atoms with Gasteiger partial charge in [-0.2, -0.15) is 0 Å². The van der Waals surface area contributed by atoms with Gasteiger partial charge in [0, 0.05) is 17.6 Å². The SMILES string of the molecule is CC(C)[C@@H]1C[C@@H](F)[C@@H](C)N1C(C)(C)C. The molecule has 2 heteroatoms. The second-order valence-corrected chi connectivity index (χ2v) is 5.88. The first-order valence-electron chi connectivity index (χ1n) is 5.67. The van der Waals surface area contributed by atoms with Gasteiger partial charge in [-0.15, -0.1) is 0 Å². The van der Waals surface area contributed by atoms with Crippen molar-refractivity contribution in [2.45, 2.75) is 71.8 Å². The molecule has 1 fully saturated rings. The average Bonchev–Trinajstić information content (AvgIpc) is 2.27. The van der Waals surface area contributed by atoms with Gasteiger partial charge in [-0.3, -0.25) is 4.90 Å². The van der Waals surface area contributed by atoms with Crippen molar-refractivity contribution in [1.82, 2.24) is 4.90 Å². The van der Waals surface area contributed by atoms with Crippen molar-refractivity contribution >= 4 is 0 Å². The zero-order valence-electron chi connectivity index (χ0n) is 10.3. The number of nitrogens with zero attached hydrogens (tertiary/aromatic N) is 1. The largest absolute Gasteiger partial charge is 0.290 e. The first kappa shape index (κ1) is 12.0. The maximum atomic E-state index is 13.7. The number of hydrogen-bond acceptors (Lipinski definition) is 1. The van der Waals surface area contributed by atoms with Gasteiger partial charge in [-0.25, -0.2) is 4.39 Å². The maximum Gasteiger partial charge on any atom is 0.117 e. The Hall–Kier alpha value is -0.110. The van der Waals surface area contributed by atoms with E-state index in [2.05, 4.69) is 39.5 Å². The lowest BCUT2D eigenvalue weighted by molar-refractivity contribution is 0.0535. The summed E-state index contributed by atoms with van der Waals surface area (Å²) in [5.41, 5.74) is 0.0786. The quantitative estimate of drug-likeness (QED) is 0.629. The summed E-state index contributed by atoms with van der Waals surface area (Å²) in [5, 5.41) is 0. The minimum Gasteiger partial charge on any atom is -0.290 e. The molecule has 0 unspecified atom stereocenters. The normalized spacial score (nSPS) is 35.6. The first-order valence-corrected chi connectivity index (χ1v) is 5.67. The highest BCUT2D eigenvalue weighted by Crippen LogP contribution is 2.36. The van der Waals surface area contributed by atoms with Crippen molar-refractivity contribution in [2.24, 2.45) is 5.92 Å². The fourth-order valence-electron chi connectivity index (χ4n) is 2.72. The molecule has 1 rings (SSSR count). The van der Waals surface area contributed by atoms with Crippen molar-refractivity contribution < 1.29 is 4.39 Å². The highest BCUT2D eigenvalue weighted by atomic mass is 19.1. The van der Waals surface area contributed by atoms with Crippen LogP contribution in [0.5, 0.6) is 0 Å². The van der Waals surface area contributed by atoms with Crippen molar-refractivity contribution in [2.75, 3.05) is 0 Å². The second-order valence-electron chi connectivity index (χ2n) is 5.88. The average molecular weight is 201 g/mol. The number of alkyl halides is 1. The van der Waals surface area contributed by atoms with Crippen molar-refractivity contribution in [1.29, 1.82) is 0 Å². The molecule has 1 aliphatic heterocycles. The topological polar surface area (TPSA) is 3.24 Å². The highest BCUT2D eigenvalue weighted by Gasteiger charge is 2.44. The molecule has 1 heterocycles. The third-order valence-electron chi connectivity index (χ3n) is 3.33. The van der Waals surface area contributed by atoms with Crippen LogP contribution in [0.4, 0.5) is 4.39 Å². The smallest absolute Gasteiger partial charge is 0.117 e. The van der Waals surface area contributed by atoms with E-state index in [0.29, 0.717) is 18.4 Å². The molecule has 0 saturated carbocycles. The van der Waals surface area contributed by atoms with E-state index in [1.807, 2.05) is 6.92 Å². The second kappa shape index (κ2) is 3.80. The molecule has 1 aliphatic rings. The fraction of sp³-hybridized carbons (Fsp3) is 1.00. The molecule has 84 valence electrons. The minimum absolute atomic E-state index is 0.0717. The van der Waals surface area contributed by atoms with Crippen LogP contribution in [0.15, 0.2) is 0 Å². The van der Waals surface area contributed by atoms with Gasteiger partial charge in [0.15, 0.2) is 0 Å². The Balaban J connectivity index is 2.87. The van der Waals surface area contributed by atoms with Gasteiger partial charge in [0.1, 0.15) is 6.17 Å². The van der Waals surface area contributed by atoms with Gasteiger partial charge >= 0.3 is 0 Å². The molecule has 0 spiro atoms. The molecular formula is C12H24FN. The molecule has 1 nitrogen and oxygen atoms in total. The molecule has 14 heavy (non-hydrogen) atoms. The first-order chi connectivity index (χ1) is 6.25. The Morgan fingerprint density at radius 3 is 2.07 bits per heavy atom. The summed E-state index contributed by atoms with van der Waals surface area (Å²) in [6.07, 6.45) is 0.0532. The van der Waals surface area contributed by atoms with Crippen LogP contribution in [0.2, 0.25) is 0 Å². The van der Waals surface area contributed by atoms with Crippen molar-refractivity contribution in [3.63, 3.8) is 0 Å². The summed E-state index contributed by atoms with van der Waals surface area (Å²) in [5.74, 6) is 0.539. The van der Waals surface area contributed by atoms with Gasteiger partial charge in [-0.1, -0.05) is 13.8 Å². The Labute approximate surface area is 87.7 Å². The Morgan fingerprint density at radius 2 is 1.79 bits per heavy atom. The summed E-state index contributed by atoms with van der Waals surface area (Å²) in [7, 11) is 0. The third-order valence-corrected chi connectivity index (χ3v) is 3.33. The molecule has 0 N–H and O–H groups in total. The summed E-state index contributed by atoms with van der Waals surface area (Å²) >= 11 is 0. The molecule has 1 saturated heterocycles. The van der Waals surface area contributed by atoms with E-state index < -0.39 is 6.17 Å². The summed E-state index contributed by atoms with van der Waals surface area (Å²) in [4.78, 5) is 2.35. The van der Waals surface area contributed by atoms with E-state index in [1.54, 1.807) is 0 Å². The standard InChI is InChI=1S/C12H24FN/c1-8(2)11-7-10(13)9(3)14(11)12(4,5)6/h8-11H,7H2,1-6H3/t9-,10-,11+/m1/s1. The van der Waals surface area contributed by atoms with Gasteiger partial charge in [0.25, 0.3) is 0 Å². The van der Waals surface area contributed by atoms with Crippen LogP contribution in [0.3, 0.4) is 0 Å². The lowest BCUT2D eigenvalue weighted by Crippen LogP contribution is -2.50. The molecule has 0 aromatic carbocycles. The summed E-state index contributed by atoms with van der Waals surface area (Å²) < 4.78 is 13.7. The van der Waals surface area contributed by atoms with Crippen LogP contribution < -0.4 is 0 Å². The molecule has 0 aromatic heterocycles. The third kappa shape index (κ3) is 2.10. The number of rotatable bonds is 1. The molecule has 0 radical (unpaired) electrons. The molecule has 0 aromatic rings. The minimum atomic E-state index is -0.651. The lowest BCUT2D eigenvalue weighted by atomic mass is 9.97. The highest BCUT2D eigenvalue weighted by molar-refractivity contribution is 4.98. The summed E-state index contributed by atoms with van der Waals surface area (Å²) in [6.45, 7) is 12.9. The van der Waals surface area contributed by atoms with E-state index in [9.17, 15) is 4.39 Å². The van der Waals surface area contributed by atoms with Crippen LogP contribution in [-0.4, -0.2) is 28.7 Å². The monoisotopic (exact) mass is 201 g/mol. The number of halogens is 1. The zero-order valence-corrected chi connectivity index (χ0v) is 10.3. The van der Waals surface area contributed by atoms with Crippen LogP contribution in [0.1, 0.15) is 48.0 Å². The molecular weight excluding hydrogens is 177 g/mol. The predicted octanol–water partition coefficient (Wildman–Crippen LogP) is 3.24. The Bertz CT molecular complexity index is 195. The van der Waals surface area contributed by atoms with Crippen molar-refractivity contribution in [3.8, 4) is 0 Å². The zero-order chi connectivity index (χ0) is 11.1. The Morgan fingerprint density at radius 1 is 1.29 bits per heavy atom. The van der Waals surface area contributed by atoms with Crippen molar-refractivity contribution in [3.05, 3.63) is 0 Å². The van der Waals surface area contributed by atoms with Crippen LogP contribution in [0, 0.1) is 5.92 Å². The van der Waals surface area contributed by atoms with E-state index in [-0.39, 0.29) is 11.6 Å². The predicted molar refractivity (Wildman–Crippen MR) is 59.2 cm³/mol. The Kier molecular flexibility index (Phi) is 3.25. The van der Waals surface area contributed by atoms with Gasteiger partial charge < -0.3 is 0 Å². The van der Waals surface area contributed by atoms with Crippen LogP contribution in [-0.2, 0) is 0 Å². The fourth-order valence-corrected chi connectivity index (χ4v) is 2.72. The number of hydrogen-bond donors (Lipinski definition) is 0. The summed E-state index contributed by atoms with van der Waals surface area (Å²) in [6, 6.07) is 0.474. The van der Waals surface area contributed by atoms with E-state index in [1.165, 1.54) is 0 Å². The van der Waals surface area contributed by atoms with E-state index >= 15 is 0 Å². The van der Waals surface area contributed by atoms with Gasteiger partial charge in [-0.05, 0) is 40.0 Å². The van der Waals surface area contributed by atoms with Gasteiger partial charge in [0.2, 0.25) is 0 Å². The van der Waals surface area contributed by atoms with Crippen LogP contribution >= 0.6 is 0 Å². The lowest BCUT2D eigenvalue weighted by Gasteiger charge is -2.41. The van der Waals surface area contributed by atoms with Gasteiger partial charge in [0.05, 0.1) is 0 Å². The maximum absolute atomic E-state index is 13.7. The molecule has 0 amide bonds. The van der Waals surface area contributed by atoms with E-state index in [0.717, 1.165) is 0 Å². The van der Waals surface area contributed by atoms with E-state index in [4.69, 9.17) is 0 Å². The van der Waals surface area contributed by atoms with Crippen LogP contribution in [0.25, 0.3) is 0 Å². The molecule has 0 aliphatic carbocycles. The molecule has 0 bridgehead atoms. The molecule has 3 atom stereocenters.